The van der Waals surface area contributed by atoms with E-state index in [1.165, 1.54) is 0 Å². The summed E-state index contributed by atoms with van der Waals surface area (Å²) >= 11 is 0. The second kappa shape index (κ2) is 5.28. The number of allylic oxidation sites excluding steroid dienone is 1. The van der Waals surface area contributed by atoms with Crippen LogP contribution in [-0.4, -0.2) is 26.3 Å². The van der Waals surface area contributed by atoms with E-state index in [0.717, 1.165) is 36.2 Å². The molecule has 0 radical (unpaired) electrons. The van der Waals surface area contributed by atoms with Gasteiger partial charge in [-0.2, -0.15) is 4.98 Å². The number of pyridine rings is 1. The fraction of sp³-hybridized carbons (Fsp3) is 0.267. The Morgan fingerprint density at radius 3 is 3.15 bits per heavy atom. The predicted molar refractivity (Wildman–Crippen MR) is 79.1 cm³/mol. The number of hydrogen-bond acceptors (Lipinski definition) is 4. The molecule has 0 atom stereocenters. The maximum Gasteiger partial charge on any atom is 0.237 e. The number of rotatable bonds is 4. The molecule has 0 fully saturated rings. The Bertz CT molecular complexity index is 685. The second-order valence-corrected chi connectivity index (χ2v) is 4.76. The van der Waals surface area contributed by atoms with Gasteiger partial charge in [0.05, 0.1) is 0 Å². The number of imidazole rings is 1. The van der Waals surface area contributed by atoms with Gasteiger partial charge in [-0.1, -0.05) is 13.3 Å². The van der Waals surface area contributed by atoms with E-state index in [1.807, 2.05) is 18.2 Å². The van der Waals surface area contributed by atoms with Gasteiger partial charge < -0.3 is 10.1 Å². The van der Waals surface area contributed by atoms with Crippen molar-refractivity contribution in [2.75, 3.05) is 0 Å². The van der Waals surface area contributed by atoms with Crippen molar-refractivity contribution in [3.8, 4) is 5.88 Å². The maximum atomic E-state index is 9.89. The molecule has 2 aromatic heterocycles. The summed E-state index contributed by atoms with van der Waals surface area (Å²) in [6.45, 7) is 2.13. The number of aromatic hydroxyl groups is 1. The first-order chi connectivity index (χ1) is 9.78. The zero-order valence-corrected chi connectivity index (χ0v) is 11.3. The van der Waals surface area contributed by atoms with Gasteiger partial charge in [0, 0.05) is 30.0 Å². The third kappa shape index (κ3) is 2.34. The van der Waals surface area contributed by atoms with E-state index in [-0.39, 0.29) is 5.88 Å². The van der Waals surface area contributed by atoms with Crippen LogP contribution in [0.2, 0.25) is 0 Å². The average Bonchev–Trinajstić information content (AvgIpc) is 3.02. The highest BCUT2D eigenvalue weighted by Gasteiger charge is 2.14. The van der Waals surface area contributed by atoms with Gasteiger partial charge in [-0.15, -0.1) is 0 Å². The molecule has 5 nitrogen and oxygen atoms in total. The Morgan fingerprint density at radius 2 is 2.30 bits per heavy atom. The summed E-state index contributed by atoms with van der Waals surface area (Å²) in [7, 11) is 0. The number of unbranched alkanes of at least 4 members (excludes halogenated alkanes) is 1. The van der Waals surface area contributed by atoms with Gasteiger partial charge in [-0.05, 0) is 24.6 Å². The van der Waals surface area contributed by atoms with E-state index >= 15 is 0 Å². The van der Waals surface area contributed by atoms with Crippen molar-refractivity contribution in [3.05, 3.63) is 35.4 Å². The van der Waals surface area contributed by atoms with Gasteiger partial charge in [-0.25, -0.2) is 9.98 Å². The Morgan fingerprint density at radius 1 is 1.40 bits per heavy atom. The van der Waals surface area contributed by atoms with Gasteiger partial charge in [0.1, 0.15) is 11.5 Å². The Kier molecular flexibility index (Phi) is 3.33. The molecule has 3 heterocycles. The molecule has 0 bridgehead atoms. The van der Waals surface area contributed by atoms with Crippen molar-refractivity contribution < 1.29 is 5.11 Å². The van der Waals surface area contributed by atoms with Crippen LogP contribution in [0.5, 0.6) is 5.88 Å². The third-order valence-electron chi connectivity index (χ3n) is 3.25. The van der Waals surface area contributed by atoms with Gasteiger partial charge in [0.15, 0.2) is 5.82 Å². The Hall–Kier alpha value is -2.43. The van der Waals surface area contributed by atoms with E-state index in [1.54, 1.807) is 12.4 Å². The molecule has 1 aliphatic rings. The number of nitrogens with one attached hydrogen (secondary N) is 1. The largest absolute Gasteiger partial charge is 0.492 e. The van der Waals surface area contributed by atoms with Crippen molar-refractivity contribution >= 4 is 23.7 Å². The molecule has 2 aromatic rings. The first kappa shape index (κ1) is 12.6. The fourth-order valence-corrected chi connectivity index (χ4v) is 2.19. The first-order valence-corrected chi connectivity index (χ1v) is 6.77. The van der Waals surface area contributed by atoms with Crippen LogP contribution >= 0.6 is 0 Å². The standard InChI is InChI=1S/C15H16N4O/c1-2-3-6-13-18-12(15(20)19-13)8-10-9-17-14-11(10)5-4-7-16-14/h4-5,7-9,20H,2-3,6H2,1H3,(H,18,19)/b10-8+. The van der Waals surface area contributed by atoms with Crippen LogP contribution in [0, 0.1) is 0 Å². The lowest BCUT2D eigenvalue weighted by Gasteiger charge is -1.97. The SMILES string of the molecule is CCCCc1nc(O)c(/C=C2\C=Nc3ncccc32)[nH]1. The fourth-order valence-electron chi connectivity index (χ4n) is 2.19. The molecular weight excluding hydrogens is 252 g/mol. The molecule has 0 saturated carbocycles. The smallest absolute Gasteiger partial charge is 0.237 e. The minimum Gasteiger partial charge on any atom is -0.492 e. The van der Waals surface area contributed by atoms with Gasteiger partial charge in [-0.3, -0.25) is 0 Å². The van der Waals surface area contributed by atoms with Gasteiger partial charge in [0.2, 0.25) is 5.88 Å². The van der Waals surface area contributed by atoms with Crippen LogP contribution in [0.3, 0.4) is 0 Å². The molecule has 0 saturated heterocycles. The molecule has 0 spiro atoms. The van der Waals surface area contributed by atoms with Crippen molar-refractivity contribution in [3.63, 3.8) is 0 Å². The van der Waals surface area contributed by atoms with E-state index in [9.17, 15) is 5.11 Å². The molecule has 20 heavy (non-hydrogen) atoms. The zero-order valence-electron chi connectivity index (χ0n) is 11.3. The summed E-state index contributed by atoms with van der Waals surface area (Å²) in [4.78, 5) is 15.7. The van der Waals surface area contributed by atoms with Crippen LogP contribution in [0.15, 0.2) is 23.3 Å². The lowest BCUT2D eigenvalue weighted by Crippen LogP contribution is -1.87. The molecule has 3 rings (SSSR count). The molecule has 0 amide bonds. The van der Waals surface area contributed by atoms with E-state index in [0.29, 0.717) is 11.5 Å². The van der Waals surface area contributed by atoms with Crippen molar-refractivity contribution in [1.82, 2.24) is 15.0 Å². The quantitative estimate of drug-likeness (QED) is 0.894. The summed E-state index contributed by atoms with van der Waals surface area (Å²) < 4.78 is 0. The van der Waals surface area contributed by atoms with Crippen LogP contribution in [0.1, 0.15) is 36.8 Å². The summed E-state index contributed by atoms with van der Waals surface area (Å²) in [5.74, 6) is 1.57. The third-order valence-corrected chi connectivity index (χ3v) is 3.25. The van der Waals surface area contributed by atoms with E-state index in [4.69, 9.17) is 0 Å². The molecule has 0 unspecified atom stereocenters. The summed E-state index contributed by atoms with van der Waals surface area (Å²) in [6.07, 6.45) is 8.33. The topological polar surface area (TPSA) is 74.2 Å². The number of nitrogens with zero attached hydrogens (tertiary/aromatic N) is 3. The predicted octanol–water partition coefficient (Wildman–Crippen LogP) is 3.11. The molecule has 1 aliphatic heterocycles. The van der Waals surface area contributed by atoms with Crippen LogP contribution in [0.25, 0.3) is 11.6 Å². The number of fused-ring (bicyclic) bond motifs is 1. The minimum atomic E-state index is 0.0364. The zero-order chi connectivity index (χ0) is 13.9. The van der Waals surface area contributed by atoms with Crippen LogP contribution in [-0.2, 0) is 6.42 Å². The minimum absolute atomic E-state index is 0.0364. The molecule has 0 aromatic carbocycles. The van der Waals surface area contributed by atoms with Gasteiger partial charge >= 0.3 is 0 Å². The molecule has 5 heteroatoms. The summed E-state index contributed by atoms with van der Waals surface area (Å²) in [6, 6.07) is 3.84. The molecular formula is C15H16N4O. The number of hydrogen-bond donors (Lipinski definition) is 2. The molecule has 0 aliphatic carbocycles. The van der Waals surface area contributed by atoms with Crippen molar-refractivity contribution in [2.24, 2.45) is 4.99 Å². The number of aromatic nitrogens is 3. The van der Waals surface area contributed by atoms with Crippen molar-refractivity contribution in [2.45, 2.75) is 26.2 Å². The van der Waals surface area contributed by atoms with Crippen LogP contribution in [0.4, 0.5) is 5.82 Å². The maximum absolute atomic E-state index is 9.89. The molecule has 102 valence electrons. The normalized spacial score (nSPS) is 14.9. The first-order valence-electron chi connectivity index (χ1n) is 6.77. The molecule has 2 N–H and O–H groups in total. The number of aromatic amines is 1. The average molecular weight is 268 g/mol. The lowest BCUT2D eigenvalue weighted by atomic mass is 10.1. The summed E-state index contributed by atoms with van der Waals surface area (Å²) in [5.41, 5.74) is 2.51. The Balaban J connectivity index is 1.90. The highest BCUT2D eigenvalue weighted by Crippen LogP contribution is 2.31. The highest BCUT2D eigenvalue weighted by molar-refractivity contribution is 6.20. The highest BCUT2D eigenvalue weighted by atomic mass is 16.3. The van der Waals surface area contributed by atoms with E-state index < -0.39 is 0 Å². The van der Waals surface area contributed by atoms with Crippen LogP contribution < -0.4 is 0 Å². The van der Waals surface area contributed by atoms with Gasteiger partial charge in [0.25, 0.3) is 0 Å². The van der Waals surface area contributed by atoms with Crippen molar-refractivity contribution in [1.29, 1.82) is 0 Å². The number of aliphatic imine (C=N–C) groups is 1. The number of H-pyrrole nitrogens is 1. The van der Waals surface area contributed by atoms with E-state index in [2.05, 4.69) is 26.9 Å². The lowest BCUT2D eigenvalue weighted by molar-refractivity contribution is 0.454. The Labute approximate surface area is 117 Å². The second-order valence-electron chi connectivity index (χ2n) is 4.76. The number of aryl methyl sites for hydroxylation is 1. The monoisotopic (exact) mass is 268 g/mol. The summed E-state index contributed by atoms with van der Waals surface area (Å²) in [5, 5.41) is 9.89.